The second-order valence-electron chi connectivity index (χ2n) is 7.69. The smallest absolute Gasteiger partial charge is 0.0540 e. The summed E-state index contributed by atoms with van der Waals surface area (Å²) < 4.78 is 0. The first kappa shape index (κ1) is 21.9. The Morgan fingerprint density at radius 3 is 2.09 bits per heavy atom. The third-order valence-electron chi connectivity index (χ3n) is 5.71. The number of benzene rings is 4. The van der Waals surface area contributed by atoms with Crippen molar-refractivity contribution in [3.8, 4) is 0 Å². The van der Waals surface area contributed by atoms with E-state index in [9.17, 15) is 0 Å². The van der Waals surface area contributed by atoms with Crippen molar-refractivity contribution >= 4 is 40.0 Å². The zero-order chi connectivity index (χ0) is 23.2. The highest BCUT2D eigenvalue weighted by Gasteiger charge is 2.16. The van der Waals surface area contributed by atoms with Gasteiger partial charge in [-0.1, -0.05) is 117 Å². The van der Waals surface area contributed by atoms with Crippen LogP contribution in [-0.2, 0) is 0 Å². The molecule has 0 spiro atoms. The molecule has 4 aromatic rings. The fraction of sp³-hybridized carbons (Fsp3) is 0. The Morgan fingerprint density at radius 1 is 0.697 bits per heavy atom. The number of rotatable bonds is 7. The molecule has 0 aliphatic carbocycles. The van der Waals surface area contributed by atoms with Crippen LogP contribution in [0.3, 0.4) is 0 Å². The number of hydrogen-bond donors (Lipinski definition) is 0. The summed E-state index contributed by atoms with van der Waals surface area (Å²) >= 11 is 0. The van der Waals surface area contributed by atoms with E-state index < -0.39 is 0 Å². The maximum atomic E-state index is 4.27. The van der Waals surface area contributed by atoms with Gasteiger partial charge in [-0.2, -0.15) is 0 Å². The van der Waals surface area contributed by atoms with Crippen LogP contribution in [0.25, 0.3) is 28.6 Å². The van der Waals surface area contributed by atoms with Crippen molar-refractivity contribution in [1.82, 2.24) is 0 Å². The van der Waals surface area contributed by atoms with E-state index in [0.29, 0.717) is 0 Å². The molecule has 0 fully saturated rings. The second kappa shape index (κ2) is 9.84. The predicted octanol–water partition coefficient (Wildman–Crippen LogP) is 7.14. The lowest BCUT2D eigenvalue weighted by Gasteiger charge is -2.28. The Morgan fingerprint density at radius 2 is 1.39 bits per heavy atom. The van der Waals surface area contributed by atoms with Gasteiger partial charge in [-0.05, 0) is 46.0 Å². The molecule has 4 aromatic carbocycles. The van der Waals surface area contributed by atoms with Crippen LogP contribution < -0.4 is 15.3 Å². The molecule has 0 aromatic heterocycles. The number of fused-ring (bicyclic) bond motifs is 1. The van der Waals surface area contributed by atoms with Crippen molar-refractivity contribution < 1.29 is 0 Å². The Balaban J connectivity index is 2.02. The average molecular weight is 426 g/mol. The quantitative estimate of drug-likeness (QED) is 0.285. The largest absolute Gasteiger partial charge is 0.309 e. The summed E-state index contributed by atoms with van der Waals surface area (Å²) in [5, 5.41) is 4.36. The Labute approximate surface area is 195 Å². The zero-order valence-corrected chi connectivity index (χ0v) is 18.7. The van der Waals surface area contributed by atoms with Gasteiger partial charge in [0.2, 0.25) is 0 Å². The molecule has 4 rings (SSSR count). The third kappa shape index (κ3) is 4.35. The summed E-state index contributed by atoms with van der Waals surface area (Å²) in [4.78, 5) is 2.26. The number of nitrogens with zero attached hydrogens (tertiary/aromatic N) is 1. The van der Waals surface area contributed by atoms with Gasteiger partial charge in [0.05, 0.1) is 11.4 Å². The van der Waals surface area contributed by atoms with Gasteiger partial charge in [-0.15, -0.1) is 0 Å². The molecule has 0 radical (unpaired) electrons. The molecule has 1 nitrogen and oxygen atoms in total. The van der Waals surface area contributed by atoms with Crippen LogP contribution in [0.5, 0.6) is 0 Å². The fourth-order valence-electron chi connectivity index (χ4n) is 4.12. The molecule has 0 amide bonds. The number of allylic oxidation sites excluding steroid dienone is 4. The summed E-state index contributed by atoms with van der Waals surface area (Å²) in [6.07, 6.45) is 7.50. The van der Waals surface area contributed by atoms with Gasteiger partial charge in [0.25, 0.3) is 0 Å². The monoisotopic (exact) mass is 425 g/mol. The lowest BCUT2D eigenvalue weighted by atomic mass is 10.0. The van der Waals surface area contributed by atoms with E-state index in [0.717, 1.165) is 38.6 Å². The summed E-state index contributed by atoms with van der Waals surface area (Å²) in [5.74, 6) is 0. The molecule has 0 N–H and O–H groups in total. The topological polar surface area (TPSA) is 3.24 Å². The van der Waals surface area contributed by atoms with Crippen molar-refractivity contribution in [3.63, 3.8) is 0 Å². The van der Waals surface area contributed by atoms with Crippen molar-refractivity contribution in [2.45, 2.75) is 0 Å². The van der Waals surface area contributed by atoms with Gasteiger partial charge >= 0.3 is 0 Å². The van der Waals surface area contributed by atoms with E-state index in [1.165, 1.54) is 10.8 Å². The van der Waals surface area contributed by atoms with Crippen molar-refractivity contribution in [3.05, 3.63) is 151 Å². The molecule has 0 saturated carbocycles. The van der Waals surface area contributed by atoms with E-state index in [1.807, 2.05) is 36.4 Å². The van der Waals surface area contributed by atoms with Crippen LogP contribution in [0, 0.1) is 0 Å². The molecule has 1 heteroatoms. The summed E-state index contributed by atoms with van der Waals surface area (Å²) in [6, 6.07) is 31.5. The molecule has 0 aliphatic heterocycles. The lowest BCUT2D eigenvalue weighted by molar-refractivity contribution is 1.30. The first-order chi connectivity index (χ1) is 16.2. The Bertz CT molecular complexity index is 1460. The van der Waals surface area contributed by atoms with Crippen molar-refractivity contribution in [2.75, 3.05) is 4.90 Å². The molecule has 0 atom stereocenters. The van der Waals surface area contributed by atoms with Gasteiger partial charge in [-0.3, -0.25) is 0 Å². The Hall–Kier alpha value is -4.36. The highest BCUT2D eigenvalue weighted by atomic mass is 15.1. The van der Waals surface area contributed by atoms with Crippen LogP contribution in [0.15, 0.2) is 135 Å². The van der Waals surface area contributed by atoms with E-state index in [2.05, 4.69) is 104 Å². The molecule has 0 bridgehead atoms. The van der Waals surface area contributed by atoms with Crippen LogP contribution in [0.1, 0.15) is 5.56 Å². The molecule has 0 saturated heterocycles. The first-order valence-corrected chi connectivity index (χ1v) is 10.9. The minimum atomic E-state index is 0.956. The van der Waals surface area contributed by atoms with Crippen LogP contribution in [0.4, 0.5) is 11.4 Å². The van der Waals surface area contributed by atoms with Gasteiger partial charge in [0.1, 0.15) is 0 Å². The van der Waals surface area contributed by atoms with Gasteiger partial charge < -0.3 is 4.90 Å². The molecule has 33 heavy (non-hydrogen) atoms. The van der Waals surface area contributed by atoms with E-state index in [4.69, 9.17) is 0 Å². The molecule has 0 heterocycles. The minimum absolute atomic E-state index is 0.956. The SMILES string of the molecule is C=C/C=C(\C=C)c1ccc(N(/C(C=C)=c2\ccccc2=C)c2cccc3ccccc23)cc1. The summed E-state index contributed by atoms with van der Waals surface area (Å²) in [5.41, 5.74) is 5.23. The predicted molar refractivity (Wildman–Crippen MR) is 146 cm³/mol. The standard InChI is InChI=1S/C32H27N/c1-5-13-25(6-2)26-20-22-28(23-21-26)33(31(7-3)29-17-10-8-14-24(29)4)32-19-12-16-27-15-9-11-18-30(27)32/h5-23H,1-4H2/b25-13+,31-29+. The lowest BCUT2D eigenvalue weighted by Crippen LogP contribution is -2.31. The summed E-state index contributed by atoms with van der Waals surface area (Å²) in [7, 11) is 0. The Kier molecular flexibility index (Phi) is 6.52. The normalized spacial score (nSPS) is 12.2. The van der Waals surface area contributed by atoms with E-state index >= 15 is 0 Å². The van der Waals surface area contributed by atoms with Crippen molar-refractivity contribution in [2.24, 2.45) is 0 Å². The highest BCUT2D eigenvalue weighted by Crippen LogP contribution is 2.36. The van der Waals surface area contributed by atoms with Crippen molar-refractivity contribution in [1.29, 1.82) is 0 Å². The zero-order valence-electron chi connectivity index (χ0n) is 18.7. The van der Waals surface area contributed by atoms with E-state index in [-0.39, 0.29) is 0 Å². The first-order valence-electron chi connectivity index (χ1n) is 10.9. The van der Waals surface area contributed by atoms with Gasteiger partial charge in [0.15, 0.2) is 0 Å². The summed E-state index contributed by atoms with van der Waals surface area (Å²) in [6.45, 7) is 16.2. The molecular formula is C32H27N. The molecule has 0 unspecified atom stereocenters. The molecular weight excluding hydrogens is 398 g/mol. The molecule has 160 valence electrons. The van der Waals surface area contributed by atoms with Gasteiger partial charge in [0, 0.05) is 16.3 Å². The van der Waals surface area contributed by atoms with Crippen LogP contribution >= 0.6 is 0 Å². The number of anilines is 2. The van der Waals surface area contributed by atoms with Gasteiger partial charge in [-0.25, -0.2) is 0 Å². The maximum absolute atomic E-state index is 4.27. The molecule has 0 aliphatic rings. The maximum Gasteiger partial charge on any atom is 0.0540 e. The average Bonchev–Trinajstić information content (AvgIpc) is 2.86. The highest BCUT2D eigenvalue weighted by molar-refractivity contribution is 6.01. The fourth-order valence-corrected chi connectivity index (χ4v) is 4.12. The number of hydrogen-bond acceptors (Lipinski definition) is 1. The van der Waals surface area contributed by atoms with E-state index in [1.54, 1.807) is 6.08 Å². The van der Waals surface area contributed by atoms with Crippen LogP contribution in [-0.4, -0.2) is 0 Å². The second-order valence-corrected chi connectivity index (χ2v) is 7.69. The third-order valence-corrected chi connectivity index (χ3v) is 5.71. The van der Waals surface area contributed by atoms with Crippen LogP contribution in [0.2, 0.25) is 0 Å². The minimum Gasteiger partial charge on any atom is -0.309 e.